The molecule has 2 aromatic carbocycles. The van der Waals surface area contributed by atoms with Gasteiger partial charge in [0.15, 0.2) is 5.43 Å². The molecule has 1 heterocycles. The number of para-hydroxylation sites is 1. The molecule has 0 saturated carbocycles. The largest absolute Gasteiger partial charge is 0.481 e. The Labute approximate surface area is 130 Å². The van der Waals surface area contributed by atoms with Gasteiger partial charge in [0.2, 0.25) is 0 Å². The van der Waals surface area contributed by atoms with Crippen molar-refractivity contribution in [2.24, 2.45) is 0 Å². The third kappa shape index (κ3) is 2.73. The van der Waals surface area contributed by atoms with Crippen LogP contribution in [0.25, 0.3) is 22.3 Å². The van der Waals surface area contributed by atoms with E-state index in [0.29, 0.717) is 32.9 Å². The first-order chi connectivity index (χ1) is 10.5. The monoisotopic (exact) mass is 314 g/mol. The van der Waals surface area contributed by atoms with Crippen LogP contribution in [0.3, 0.4) is 0 Å². The highest BCUT2D eigenvalue weighted by Gasteiger charge is 2.12. The molecule has 3 rings (SSSR count). The summed E-state index contributed by atoms with van der Waals surface area (Å²) in [6.07, 6.45) is -0.204. The maximum atomic E-state index is 12.2. The van der Waals surface area contributed by atoms with E-state index in [9.17, 15) is 9.59 Å². The summed E-state index contributed by atoms with van der Waals surface area (Å²) in [5, 5.41) is 9.93. The fourth-order valence-corrected chi connectivity index (χ4v) is 2.42. The van der Waals surface area contributed by atoms with Crippen molar-refractivity contribution in [2.75, 3.05) is 0 Å². The van der Waals surface area contributed by atoms with Gasteiger partial charge in [-0.05, 0) is 30.3 Å². The van der Waals surface area contributed by atoms with Crippen LogP contribution in [-0.4, -0.2) is 11.1 Å². The van der Waals surface area contributed by atoms with Gasteiger partial charge in [0.1, 0.15) is 11.3 Å². The summed E-state index contributed by atoms with van der Waals surface area (Å²) in [4.78, 5) is 23.2. The topological polar surface area (TPSA) is 67.5 Å². The molecule has 4 nitrogen and oxygen atoms in total. The van der Waals surface area contributed by atoms with Crippen molar-refractivity contribution in [1.82, 2.24) is 0 Å². The third-order valence-corrected chi connectivity index (χ3v) is 3.56. The number of carbonyl (C=O) groups is 1. The SMILES string of the molecule is O=C(O)Cc1cccc2c(=O)cc(-c3ccc(Cl)cc3)oc12. The minimum absolute atomic E-state index is 0.204. The normalized spacial score (nSPS) is 10.8. The molecule has 0 saturated heterocycles. The minimum Gasteiger partial charge on any atom is -0.481 e. The Morgan fingerprint density at radius 3 is 2.55 bits per heavy atom. The molecule has 0 aliphatic carbocycles. The smallest absolute Gasteiger partial charge is 0.307 e. The second kappa shape index (κ2) is 5.66. The van der Waals surface area contributed by atoms with Crippen LogP contribution >= 0.6 is 11.6 Å². The summed E-state index contributed by atoms with van der Waals surface area (Å²) in [5.41, 5.74) is 1.27. The lowest BCUT2D eigenvalue weighted by Crippen LogP contribution is -2.05. The Bertz CT molecular complexity index is 910. The Morgan fingerprint density at radius 1 is 1.14 bits per heavy atom. The van der Waals surface area contributed by atoms with Gasteiger partial charge in [-0.15, -0.1) is 0 Å². The van der Waals surface area contributed by atoms with E-state index < -0.39 is 5.97 Å². The molecule has 1 aromatic heterocycles. The van der Waals surface area contributed by atoms with Gasteiger partial charge in [0.05, 0.1) is 11.8 Å². The van der Waals surface area contributed by atoms with Gasteiger partial charge in [0, 0.05) is 22.2 Å². The molecule has 0 aliphatic heterocycles. The number of halogens is 1. The van der Waals surface area contributed by atoms with Crippen LogP contribution in [0, 0.1) is 0 Å². The predicted molar refractivity (Wildman–Crippen MR) is 84.3 cm³/mol. The average molecular weight is 315 g/mol. The molecule has 0 amide bonds. The summed E-state index contributed by atoms with van der Waals surface area (Å²) in [7, 11) is 0. The zero-order valence-electron chi connectivity index (χ0n) is 11.4. The van der Waals surface area contributed by atoms with E-state index in [1.807, 2.05) is 0 Å². The molecule has 0 radical (unpaired) electrons. The Hall–Kier alpha value is -2.59. The van der Waals surface area contributed by atoms with E-state index >= 15 is 0 Å². The van der Waals surface area contributed by atoms with Crippen molar-refractivity contribution in [1.29, 1.82) is 0 Å². The first kappa shape index (κ1) is 14.4. The number of hydrogen-bond acceptors (Lipinski definition) is 3. The summed E-state index contributed by atoms with van der Waals surface area (Å²) in [6, 6.07) is 13.2. The van der Waals surface area contributed by atoms with E-state index in [-0.39, 0.29) is 11.8 Å². The average Bonchev–Trinajstić information content (AvgIpc) is 2.48. The fourth-order valence-electron chi connectivity index (χ4n) is 2.29. The van der Waals surface area contributed by atoms with Crippen molar-refractivity contribution in [3.05, 3.63) is 69.3 Å². The molecule has 0 unspecified atom stereocenters. The Kier molecular flexibility index (Phi) is 3.69. The number of benzene rings is 2. The first-order valence-electron chi connectivity index (χ1n) is 6.58. The molecule has 0 fully saturated rings. The van der Waals surface area contributed by atoms with Crippen LogP contribution in [0.5, 0.6) is 0 Å². The predicted octanol–water partition coefficient (Wildman–Crippen LogP) is 3.74. The highest BCUT2D eigenvalue weighted by Crippen LogP contribution is 2.25. The van der Waals surface area contributed by atoms with Crippen LogP contribution in [0.15, 0.2) is 57.7 Å². The summed E-state index contributed by atoms with van der Waals surface area (Å²) in [6.45, 7) is 0. The van der Waals surface area contributed by atoms with Crippen molar-refractivity contribution >= 4 is 28.5 Å². The van der Waals surface area contributed by atoms with E-state index in [1.165, 1.54) is 6.07 Å². The van der Waals surface area contributed by atoms with Crippen LogP contribution in [0.4, 0.5) is 0 Å². The molecular weight excluding hydrogens is 304 g/mol. The molecular formula is C17H11ClO4. The maximum absolute atomic E-state index is 12.2. The molecule has 1 N–H and O–H groups in total. The van der Waals surface area contributed by atoms with E-state index in [0.717, 1.165) is 0 Å². The van der Waals surface area contributed by atoms with Crippen molar-refractivity contribution in [3.8, 4) is 11.3 Å². The van der Waals surface area contributed by atoms with Gasteiger partial charge in [-0.25, -0.2) is 0 Å². The quantitative estimate of drug-likeness (QED) is 0.799. The minimum atomic E-state index is -0.980. The Balaban J connectivity index is 2.23. The van der Waals surface area contributed by atoms with Crippen molar-refractivity contribution < 1.29 is 14.3 Å². The lowest BCUT2D eigenvalue weighted by molar-refractivity contribution is -0.136. The van der Waals surface area contributed by atoms with Crippen LogP contribution in [0.2, 0.25) is 5.02 Å². The van der Waals surface area contributed by atoms with Crippen molar-refractivity contribution in [3.63, 3.8) is 0 Å². The highest BCUT2D eigenvalue weighted by molar-refractivity contribution is 6.30. The van der Waals surface area contributed by atoms with E-state index in [4.69, 9.17) is 21.1 Å². The molecule has 3 aromatic rings. The van der Waals surface area contributed by atoms with Crippen LogP contribution < -0.4 is 5.43 Å². The van der Waals surface area contributed by atoms with E-state index in [2.05, 4.69) is 0 Å². The number of fused-ring (bicyclic) bond motifs is 1. The third-order valence-electron chi connectivity index (χ3n) is 3.31. The number of aliphatic carboxylic acids is 1. The molecule has 0 aliphatic rings. The van der Waals surface area contributed by atoms with E-state index in [1.54, 1.807) is 42.5 Å². The number of hydrogen-bond donors (Lipinski definition) is 1. The number of rotatable bonds is 3. The summed E-state index contributed by atoms with van der Waals surface area (Å²) >= 11 is 5.85. The molecule has 110 valence electrons. The lowest BCUT2D eigenvalue weighted by Gasteiger charge is -2.06. The van der Waals surface area contributed by atoms with Gasteiger partial charge in [0.25, 0.3) is 0 Å². The number of carboxylic acids is 1. The van der Waals surface area contributed by atoms with Gasteiger partial charge >= 0.3 is 5.97 Å². The standard InChI is InChI=1S/C17H11ClO4/c18-12-6-4-10(5-7-12)15-9-14(19)13-3-1-2-11(8-16(20)21)17(13)22-15/h1-7,9H,8H2,(H,20,21). The lowest BCUT2D eigenvalue weighted by atomic mass is 10.1. The van der Waals surface area contributed by atoms with Gasteiger partial charge in [-0.3, -0.25) is 9.59 Å². The zero-order chi connectivity index (χ0) is 15.7. The molecule has 22 heavy (non-hydrogen) atoms. The van der Waals surface area contributed by atoms with Crippen LogP contribution in [0.1, 0.15) is 5.56 Å². The van der Waals surface area contributed by atoms with Gasteiger partial charge in [-0.1, -0.05) is 23.7 Å². The van der Waals surface area contributed by atoms with Crippen LogP contribution in [-0.2, 0) is 11.2 Å². The highest BCUT2D eigenvalue weighted by atomic mass is 35.5. The summed E-state index contributed by atoms with van der Waals surface area (Å²) in [5.74, 6) is -0.598. The molecule has 0 atom stereocenters. The molecule has 0 bridgehead atoms. The first-order valence-corrected chi connectivity index (χ1v) is 6.96. The Morgan fingerprint density at radius 2 is 1.86 bits per heavy atom. The molecule has 5 heteroatoms. The second-order valence-electron chi connectivity index (χ2n) is 4.85. The molecule has 0 spiro atoms. The second-order valence-corrected chi connectivity index (χ2v) is 5.28. The number of carboxylic acid groups (broad SMARTS) is 1. The maximum Gasteiger partial charge on any atom is 0.307 e. The zero-order valence-corrected chi connectivity index (χ0v) is 12.1. The fraction of sp³-hybridized carbons (Fsp3) is 0.0588. The van der Waals surface area contributed by atoms with Crippen molar-refractivity contribution in [2.45, 2.75) is 6.42 Å². The van der Waals surface area contributed by atoms with Gasteiger partial charge < -0.3 is 9.52 Å². The van der Waals surface area contributed by atoms with Gasteiger partial charge in [-0.2, -0.15) is 0 Å². The summed E-state index contributed by atoms with van der Waals surface area (Å²) < 4.78 is 5.79.